The summed E-state index contributed by atoms with van der Waals surface area (Å²) in [7, 11) is 0. The molecule has 12 aromatic rings. The van der Waals surface area contributed by atoms with Gasteiger partial charge in [0.25, 0.3) is 0 Å². The average molecular weight is 818 g/mol. The first-order chi connectivity index (χ1) is 31.1. The molecule has 12 rings (SSSR count). The number of hydrogen-bond acceptors (Lipinski definition) is 6. The van der Waals surface area contributed by atoms with E-state index in [0.29, 0.717) is 34.9 Å². The zero-order chi connectivity index (χ0) is 42.0. The third-order valence-electron chi connectivity index (χ3n) is 12.3. The van der Waals surface area contributed by atoms with Gasteiger partial charge in [-0.1, -0.05) is 62.4 Å². The van der Waals surface area contributed by atoms with Crippen molar-refractivity contribution in [1.82, 2.24) is 33.6 Å². The quantitative estimate of drug-likeness (QED) is 0.144. The summed E-state index contributed by atoms with van der Waals surface area (Å²) in [6.45, 7) is 4.38. The molecule has 0 amide bonds. The monoisotopic (exact) mass is 817 g/mol. The molecule has 9 heteroatoms. The van der Waals surface area contributed by atoms with E-state index < -0.39 is 0 Å². The van der Waals surface area contributed by atoms with Crippen LogP contribution in [-0.2, 0) is 0 Å². The number of para-hydroxylation sites is 2. The second-order valence-corrected chi connectivity index (χ2v) is 16.0. The lowest BCUT2D eigenvalue weighted by Gasteiger charge is -2.12. The minimum absolute atomic E-state index is 0.347. The van der Waals surface area contributed by atoms with Gasteiger partial charge in [0, 0.05) is 81.4 Å². The molecule has 6 aromatic carbocycles. The van der Waals surface area contributed by atoms with E-state index in [1.165, 1.54) is 0 Å². The summed E-state index contributed by atoms with van der Waals surface area (Å²) in [6.07, 6.45) is 8.54. The van der Waals surface area contributed by atoms with Gasteiger partial charge >= 0.3 is 0 Å². The first-order valence-electron chi connectivity index (χ1n) is 21.2. The van der Waals surface area contributed by atoms with E-state index in [0.717, 1.165) is 89.0 Å². The van der Waals surface area contributed by atoms with Crippen LogP contribution in [-0.4, -0.2) is 33.6 Å². The summed E-state index contributed by atoms with van der Waals surface area (Å²) < 4.78 is 19.9. The molecule has 0 fully saturated rings. The van der Waals surface area contributed by atoms with Crippen molar-refractivity contribution in [2.24, 2.45) is 0 Å². The lowest BCUT2D eigenvalue weighted by Crippen LogP contribution is -2.03. The van der Waals surface area contributed by atoms with E-state index in [4.69, 9.17) is 29.4 Å². The van der Waals surface area contributed by atoms with Crippen molar-refractivity contribution in [1.29, 1.82) is 0 Å². The number of nitrogens with zero attached hydrogens (tertiary/aromatic N) is 7. The third-order valence-corrected chi connectivity index (χ3v) is 12.3. The van der Waals surface area contributed by atoms with Crippen LogP contribution in [0.4, 0.5) is 0 Å². The molecule has 1 atom stereocenters. The maximum atomic E-state index is 6.72. The summed E-state index contributed by atoms with van der Waals surface area (Å²) in [4.78, 5) is 19.3. The number of rotatable bonds is 9. The van der Waals surface area contributed by atoms with Gasteiger partial charge in [-0.05, 0) is 103 Å². The largest absolute Gasteiger partial charge is 0.457 e. The number of pyridine rings is 2. The van der Waals surface area contributed by atoms with Crippen molar-refractivity contribution in [3.63, 3.8) is 0 Å². The standard InChI is InChI=1S/C54H39N7O2/c1-3-34(2)35-32-57-54(58-33-35)61-50-30-38(62-36-18-22-42-40-12-4-6-14-46(40)59(48(42)28-36)52-16-8-10-26-55-52)20-24-44(50)45-25-21-39(31-51(45)61)63-37-19-23-43-41-13-5-7-15-47(41)60(49(43)29-37)53-17-9-11-27-56-53/h4-34H,3H2,1-2H3. The van der Waals surface area contributed by atoms with Gasteiger partial charge in [-0.15, -0.1) is 0 Å². The first-order valence-corrected chi connectivity index (χ1v) is 21.2. The summed E-state index contributed by atoms with van der Waals surface area (Å²) in [5, 5.41) is 6.67. The van der Waals surface area contributed by atoms with Gasteiger partial charge < -0.3 is 9.47 Å². The number of ether oxygens (including phenoxy) is 2. The smallest absolute Gasteiger partial charge is 0.234 e. The Morgan fingerprint density at radius 3 is 1.19 bits per heavy atom. The summed E-state index contributed by atoms with van der Waals surface area (Å²) in [5.74, 6) is 5.43. The van der Waals surface area contributed by atoms with E-state index in [1.807, 2.05) is 85.5 Å². The Kier molecular flexibility index (Phi) is 8.53. The number of fused-ring (bicyclic) bond motifs is 9. The minimum atomic E-state index is 0.347. The molecule has 0 N–H and O–H groups in total. The third kappa shape index (κ3) is 6.08. The highest BCUT2D eigenvalue weighted by molar-refractivity contribution is 6.11. The molecule has 0 aliphatic rings. The molecule has 6 aromatic heterocycles. The number of aromatic nitrogens is 7. The van der Waals surface area contributed by atoms with E-state index in [9.17, 15) is 0 Å². The van der Waals surface area contributed by atoms with Crippen LogP contribution in [0, 0.1) is 0 Å². The zero-order valence-corrected chi connectivity index (χ0v) is 34.6. The normalized spacial score (nSPS) is 12.3. The Morgan fingerprint density at radius 2 is 0.794 bits per heavy atom. The molecule has 0 radical (unpaired) electrons. The second kappa shape index (κ2) is 14.7. The second-order valence-electron chi connectivity index (χ2n) is 16.0. The van der Waals surface area contributed by atoms with Gasteiger partial charge in [0.1, 0.15) is 34.6 Å². The summed E-state index contributed by atoms with van der Waals surface area (Å²) >= 11 is 0. The van der Waals surface area contributed by atoms with Gasteiger partial charge in [-0.3, -0.25) is 13.7 Å². The minimum Gasteiger partial charge on any atom is -0.457 e. The lowest BCUT2D eigenvalue weighted by molar-refractivity contribution is 0.484. The van der Waals surface area contributed by atoms with Gasteiger partial charge in [-0.25, -0.2) is 19.9 Å². The van der Waals surface area contributed by atoms with E-state index in [2.05, 4.69) is 125 Å². The predicted octanol–water partition coefficient (Wildman–Crippen LogP) is 13.7. The molecule has 1 unspecified atom stereocenters. The van der Waals surface area contributed by atoms with Crippen LogP contribution in [0.3, 0.4) is 0 Å². The fourth-order valence-corrected chi connectivity index (χ4v) is 9.02. The molecular formula is C54H39N7O2. The van der Waals surface area contributed by atoms with Crippen LogP contribution in [0.1, 0.15) is 31.7 Å². The molecule has 63 heavy (non-hydrogen) atoms. The highest BCUT2D eigenvalue weighted by Crippen LogP contribution is 2.40. The molecule has 302 valence electrons. The summed E-state index contributed by atoms with van der Waals surface area (Å²) in [5.41, 5.74) is 7.15. The van der Waals surface area contributed by atoms with Crippen LogP contribution >= 0.6 is 0 Å². The van der Waals surface area contributed by atoms with E-state index in [1.54, 1.807) is 0 Å². The topological polar surface area (TPSA) is 84.8 Å². The highest BCUT2D eigenvalue weighted by Gasteiger charge is 2.20. The van der Waals surface area contributed by atoms with E-state index in [-0.39, 0.29) is 0 Å². The van der Waals surface area contributed by atoms with Crippen molar-refractivity contribution in [3.8, 4) is 40.6 Å². The van der Waals surface area contributed by atoms with Gasteiger partial charge in [0.15, 0.2) is 0 Å². The molecule has 9 nitrogen and oxygen atoms in total. The average Bonchev–Trinajstić information content (AvgIpc) is 3.96. The van der Waals surface area contributed by atoms with Gasteiger partial charge in [0.05, 0.1) is 33.1 Å². The highest BCUT2D eigenvalue weighted by atomic mass is 16.5. The maximum Gasteiger partial charge on any atom is 0.234 e. The molecule has 0 saturated carbocycles. The van der Waals surface area contributed by atoms with Crippen molar-refractivity contribution < 1.29 is 9.47 Å². The SMILES string of the molecule is CCC(C)c1cnc(-n2c3cc(Oc4ccc5c6ccccc6n(-c6ccccn6)c5c4)ccc3c3ccc(Oc4ccc5c6ccccc6n(-c6ccccn6)c5c4)cc32)nc1. The van der Waals surface area contributed by atoms with Crippen LogP contribution < -0.4 is 9.47 Å². The fraction of sp³-hybridized carbons (Fsp3) is 0.0741. The van der Waals surface area contributed by atoms with Crippen molar-refractivity contribution >= 4 is 65.4 Å². The molecule has 0 saturated heterocycles. The number of hydrogen-bond donors (Lipinski definition) is 0. The Balaban J connectivity index is 0.968. The van der Waals surface area contributed by atoms with Crippen molar-refractivity contribution in [3.05, 3.63) is 188 Å². The predicted molar refractivity (Wildman–Crippen MR) is 252 cm³/mol. The van der Waals surface area contributed by atoms with Crippen LogP contribution in [0.25, 0.3) is 83.0 Å². The molecule has 0 aliphatic heterocycles. The van der Waals surface area contributed by atoms with Gasteiger partial charge in [0.2, 0.25) is 5.95 Å². The van der Waals surface area contributed by atoms with Crippen molar-refractivity contribution in [2.45, 2.75) is 26.2 Å². The number of benzene rings is 6. The molecule has 0 spiro atoms. The maximum absolute atomic E-state index is 6.72. The molecule has 0 bridgehead atoms. The molecular weight excluding hydrogens is 779 g/mol. The van der Waals surface area contributed by atoms with Crippen molar-refractivity contribution in [2.75, 3.05) is 0 Å². The molecule has 6 heterocycles. The van der Waals surface area contributed by atoms with Crippen LogP contribution in [0.5, 0.6) is 23.0 Å². The van der Waals surface area contributed by atoms with E-state index >= 15 is 0 Å². The molecule has 0 aliphatic carbocycles. The van der Waals surface area contributed by atoms with Crippen LogP contribution in [0.15, 0.2) is 183 Å². The van der Waals surface area contributed by atoms with Gasteiger partial charge in [-0.2, -0.15) is 0 Å². The Labute approximate surface area is 362 Å². The zero-order valence-electron chi connectivity index (χ0n) is 34.6. The summed E-state index contributed by atoms with van der Waals surface area (Å²) in [6, 6.07) is 53.7. The van der Waals surface area contributed by atoms with Crippen LogP contribution in [0.2, 0.25) is 0 Å². The lowest BCUT2D eigenvalue weighted by atomic mass is 10.0. The Morgan fingerprint density at radius 1 is 0.413 bits per heavy atom. The first kappa shape index (κ1) is 36.5. The Hall–Kier alpha value is -8.30. The fourth-order valence-electron chi connectivity index (χ4n) is 9.02. The Bertz CT molecular complexity index is 3470.